The topological polar surface area (TPSA) is 116 Å². The minimum atomic E-state index is -1.23. The van der Waals surface area contributed by atoms with Gasteiger partial charge in [0.2, 0.25) is 0 Å². The molecule has 0 aromatic carbocycles. The smallest absolute Gasteiger partial charge is 0.326 e. The van der Waals surface area contributed by atoms with Crippen LogP contribution < -0.4 is 10.6 Å². The second kappa shape index (κ2) is 7.28. The largest absolute Gasteiger partial charge is 0.481 e. The van der Waals surface area contributed by atoms with Gasteiger partial charge in [-0.15, -0.1) is 0 Å². The predicted molar refractivity (Wildman–Crippen MR) is 76.0 cm³/mol. The molecule has 21 heavy (non-hydrogen) atoms. The van der Waals surface area contributed by atoms with Crippen LogP contribution >= 0.6 is 0 Å². The predicted octanol–water partition coefficient (Wildman–Crippen LogP) is 1.57. The van der Waals surface area contributed by atoms with Crippen molar-refractivity contribution in [3.8, 4) is 0 Å². The van der Waals surface area contributed by atoms with Crippen molar-refractivity contribution < 1.29 is 24.6 Å². The molecule has 2 amide bonds. The molecule has 1 fully saturated rings. The van der Waals surface area contributed by atoms with Gasteiger partial charge in [0, 0.05) is 12.5 Å². The lowest BCUT2D eigenvalue weighted by atomic mass is 9.75. The van der Waals surface area contributed by atoms with E-state index in [1.165, 1.54) is 0 Å². The molecule has 0 spiro atoms. The van der Waals surface area contributed by atoms with Crippen molar-refractivity contribution >= 4 is 18.0 Å². The second-order valence-electron chi connectivity index (χ2n) is 6.40. The molecule has 0 saturated heterocycles. The number of amides is 2. The van der Waals surface area contributed by atoms with Gasteiger partial charge in [-0.1, -0.05) is 20.3 Å². The van der Waals surface area contributed by atoms with Crippen molar-refractivity contribution in [2.24, 2.45) is 5.41 Å². The average Bonchev–Trinajstić information content (AvgIpc) is 2.32. The maximum Gasteiger partial charge on any atom is 0.326 e. The number of carboxylic acid groups (broad SMARTS) is 2. The van der Waals surface area contributed by atoms with Crippen molar-refractivity contribution in [3.05, 3.63) is 0 Å². The van der Waals surface area contributed by atoms with E-state index in [1.54, 1.807) is 0 Å². The summed E-state index contributed by atoms with van der Waals surface area (Å²) in [5, 5.41) is 22.7. The number of carboxylic acids is 2. The Bertz CT molecular complexity index is 408. The molecule has 120 valence electrons. The molecule has 2 unspecified atom stereocenters. The lowest BCUT2D eigenvalue weighted by molar-refractivity contribution is -0.140. The zero-order chi connectivity index (χ0) is 16.0. The Morgan fingerprint density at radius 1 is 1.29 bits per heavy atom. The van der Waals surface area contributed by atoms with E-state index in [1.807, 2.05) is 0 Å². The van der Waals surface area contributed by atoms with E-state index in [0.717, 1.165) is 25.7 Å². The Labute approximate surface area is 124 Å². The summed E-state index contributed by atoms with van der Waals surface area (Å²) in [5.41, 5.74) is 0.172. The first-order valence-corrected chi connectivity index (χ1v) is 7.21. The number of urea groups is 1. The summed E-state index contributed by atoms with van der Waals surface area (Å²) in [6, 6.07) is -1.70. The molecule has 7 heteroatoms. The maximum absolute atomic E-state index is 11.8. The van der Waals surface area contributed by atoms with E-state index in [4.69, 9.17) is 10.2 Å². The Morgan fingerprint density at radius 2 is 1.95 bits per heavy atom. The van der Waals surface area contributed by atoms with Crippen LogP contribution in [0.3, 0.4) is 0 Å². The van der Waals surface area contributed by atoms with Crippen molar-refractivity contribution in [3.63, 3.8) is 0 Å². The van der Waals surface area contributed by atoms with E-state index >= 15 is 0 Å². The van der Waals surface area contributed by atoms with Crippen molar-refractivity contribution in [1.82, 2.24) is 10.6 Å². The van der Waals surface area contributed by atoms with E-state index in [-0.39, 0.29) is 24.3 Å². The van der Waals surface area contributed by atoms with Gasteiger partial charge in [0.15, 0.2) is 0 Å². The zero-order valence-corrected chi connectivity index (χ0v) is 12.5. The van der Waals surface area contributed by atoms with Gasteiger partial charge in [-0.3, -0.25) is 4.79 Å². The molecule has 0 radical (unpaired) electrons. The summed E-state index contributed by atoms with van der Waals surface area (Å²) in [6.45, 7) is 4.29. The highest BCUT2D eigenvalue weighted by molar-refractivity contribution is 5.83. The normalized spacial score (nSPS) is 22.1. The molecule has 0 aromatic rings. The SMILES string of the molecule is CC1(C)CCCC(NC(=O)NC(CCC(=O)O)C(=O)O)C1. The first-order chi connectivity index (χ1) is 9.69. The fourth-order valence-corrected chi connectivity index (χ4v) is 2.73. The number of hydrogen-bond acceptors (Lipinski definition) is 3. The number of rotatable bonds is 6. The van der Waals surface area contributed by atoms with E-state index < -0.39 is 24.0 Å². The minimum absolute atomic E-state index is 0.0302. The van der Waals surface area contributed by atoms with Gasteiger partial charge < -0.3 is 20.8 Å². The van der Waals surface area contributed by atoms with Gasteiger partial charge in [-0.25, -0.2) is 9.59 Å². The molecule has 1 aliphatic rings. The fourth-order valence-electron chi connectivity index (χ4n) is 2.73. The monoisotopic (exact) mass is 300 g/mol. The molecule has 0 bridgehead atoms. The third-order valence-corrected chi connectivity index (χ3v) is 3.79. The lowest BCUT2D eigenvalue weighted by Gasteiger charge is -2.35. The van der Waals surface area contributed by atoms with Crippen molar-refractivity contribution in [2.45, 2.75) is 64.5 Å². The van der Waals surface area contributed by atoms with Crippen LogP contribution in [0, 0.1) is 5.41 Å². The second-order valence-corrected chi connectivity index (χ2v) is 6.40. The minimum Gasteiger partial charge on any atom is -0.481 e. The first-order valence-electron chi connectivity index (χ1n) is 7.21. The van der Waals surface area contributed by atoms with Crippen LogP contribution in [-0.4, -0.2) is 40.3 Å². The summed E-state index contributed by atoms with van der Waals surface area (Å²) in [5.74, 6) is -2.31. The highest BCUT2D eigenvalue weighted by Gasteiger charge is 2.29. The molecule has 0 aliphatic heterocycles. The molecule has 4 N–H and O–H groups in total. The van der Waals surface area contributed by atoms with Crippen LogP contribution in [0.1, 0.15) is 52.4 Å². The van der Waals surface area contributed by atoms with Crippen LogP contribution in [-0.2, 0) is 9.59 Å². The Balaban J connectivity index is 2.46. The quantitative estimate of drug-likeness (QED) is 0.594. The molecular formula is C14H24N2O5. The summed E-state index contributed by atoms with van der Waals surface area (Å²) in [4.78, 5) is 33.3. The number of aliphatic carboxylic acids is 2. The number of hydrogen-bond donors (Lipinski definition) is 4. The zero-order valence-electron chi connectivity index (χ0n) is 12.5. The molecule has 1 rings (SSSR count). The molecule has 0 heterocycles. The number of nitrogens with one attached hydrogen (secondary N) is 2. The van der Waals surface area contributed by atoms with Crippen LogP contribution in [0.2, 0.25) is 0 Å². The number of carbonyl (C=O) groups is 3. The van der Waals surface area contributed by atoms with Gasteiger partial charge >= 0.3 is 18.0 Å². The highest BCUT2D eigenvalue weighted by Crippen LogP contribution is 2.34. The van der Waals surface area contributed by atoms with Crippen LogP contribution in [0.15, 0.2) is 0 Å². The van der Waals surface area contributed by atoms with Crippen LogP contribution in [0.25, 0.3) is 0 Å². The molecule has 1 aliphatic carbocycles. The summed E-state index contributed by atoms with van der Waals surface area (Å²) in [7, 11) is 0. The third-order valence-electron chi connectivity index (χ3n) is 3.79. The molecular weight excluding hydrogens is 276 g/mol. The van der Waals surface area contributed by atoms with Gasteiger partial charge in [0.25, 0.3) is 0 Å². The van der Waals surface area contributed by atoms with Gasteiger partial charge in [-0.05, 0) is 31.1 Å². The summed E-state index contributed by atoms with van der Waals surface area (Å²) in [6.07, 6.45) is 3.45. The summed E-state index contributed by atoms with van der Waals surface area (Å²) >= 11 is 0. The van der Waals surface area contributed by atoms with E-state index in [9.17, 15) is 14.4 Å². The maximum atomic E-state index is 11.8. The lowest BCUT2D eigenvalue weighted by Crippen LogP contribution is -2.50. The Kier molecular flexibility index (Phi) is 5.99. The first kappa shape index (κ1) is 17.3. The standard InChI is InChI=1S/C14H24N2O5/c1-14(2)7-3-4-9(8-14)15-13(21)16-10(12(19)20)5-6-11(17)18/h9-10H,3-8H2,1-2H3,(H,17,18)(H,19,20)(H2,15,16,21). The van der Waals surface area contributed by atoms with Gasteiger partial charge in [0.1, 0.15) is 6.04 Å². The average molecular weight is 300 g/mol. The van der Waals surface area contributed by atoms with Gasteiger partial charge in [-0.2, -0.15) is 0 Å². The van der Waals surface area contributed by atoms with Crippen LogP contribution in [0.4, 0.5) is 4.79 Å². The Hall–Kier alpha value is -1.79. The van der Waals surface area contributed by atoms with Crippen molar-refractivity contribution in [2.75, 3.05) is 0 Å². The third kappa shape index (κ3) is 6.46. The van der Waals surface area contributed by atoms with E-state index in [2.05, 4.69) is 24.5 Å². The van der Waals surface area contributed by atoms with E-state index in [0.29, 0.717) is 0 Å². The molecule has 2 atom stereocenters. The Morgan fingerprint density at radius 3 is 2.48 bits per heavy atom. The van der Waals surface area contributed by atoms with Gasteiger partial charge in [0.05, 0.1) is 0 Å². The fraction of sp³-hybridized carbons (Fsp3) is 0.786. The number of carbonyl (C=O) groups excluding carboxylic acids is 1. The highest BCUT2D eigenvalue weighted by atomic mass is 16.4. The summed E-state index contributed by atoms with van der Waals surface area (Å²) < 4.78 is 0. The molecule has 1 saturated carbocycles. The van der Waals surface area contributed by atoms with Crippen molar-refractivity contribution in [1.29, 1.82) is 0 Å². The molecule has 0 aromatic heterocycles. The van der Waals surface area contributed by atoms with Crippen LogP contribution in [0.5, 0.6) is 0 Å². The molecule has 7 nitrogen and oxygen atoms in total.